The molecule has 0 amide bonds. The molecule has 0 spiro atoms. The molecule has 1 unspecified atom stereocenters. The van der Waals surface area contributed by atoms with E-state index in [1.54, 1.807) is 6.07 Å². The van der Waals surface area contributed by atoms with Gasteiger partial charge < -0.3 is 9.88 Å². The highest BCUT2D eigenvalue weighted by Crippen LogP contribution is 2.22. The van der Waals surface area contributed by atoms with E-state index < -0.39 is 0 Å². The highest BCUT2D eigenvalue weighted by Gasteiger charge is 2.14. The first-order chi connectivity index (χ1) is 10.0. The Balaban J connectivity index is 2.20. The maximum Gasteiger partial charge on any atom is 0.124 e. The Labute approximate surface area is 125 Å². The molecule has 0 radical (unpaired) electrons. The fraction of sp³-hybridized carbons (Fsp3) is 0.353. The molecular weight excluding hydrogens is 265 g/mol. The maximum absolute atomic E-state index is 13.4. The first-order valence-corrected chi connectivity index (χ1v) is 7.06. The molecule has 2 rings (SSSR count). The van der Waals surface area contributed by atoms with E-state index in [4.69, 9.17) is 5.26 Å². The van der Waals surface area contributed by atoms with E-state index in [-0.39, 0.29) is 5.82 Å². The highest BCUT2D eigenvalue weighted by molar-refractivity contribution is 5.34. The van der Waals surface area contributed by atoms with Crippen molar-refractivity contribution in [1.29, 1.82) is 5.26 Å². The van der Waals surface area contributed by atoms with E-state index in [2.05, 4.69) is 31.4 Å². The zero-order chi connectivity index (χ0) is 15.4. The van der Waals surface area contributed by atoms with Gasteiger partial charge in [-0.2, -0.15) is 5.26 Å². The van der Waals surface area contributed by atoms with Crippen molar-refractivity contribution in [2.45, 2.75) is 26.4 Å². The van der Waals surface area contributed by atoms with Gasteiger partial charge in [-0.05, 0) is 48.4 Å². The molecule has 1 heterocycles. The summed E-state index contributed by atoms with van der Waals surface area (Å²) in [5.41, 5.74) is 2.36. The van der Waals surface area contributed by atoms with Crippen molar-refractivity contribution in [3.63, 3.8) is 0 Å². The van der Waals surface area contributed by atoms with Crippen LogP contribution in [0.1, 0.15) is 36.6 Å². The smallest absolute Gasteiger partial charge is 0.124 e. The van der Waals surface area contributed by atoms with Gasteiger partial charge in [0.2, 0.25) is 0 Å². The number of halogens is 1. The Morgan fingerprint density at radius 3 is 2.71 bits per heavy atom. The zero-order valence-corrected chi connectivity index (χ0v) is 12.6. The first kappa shape index (κ1) is 15.3. The minimum Gasteiger partial charge on any atom is -0.350 e. The van der Waals surface area contributed by atoms with E-state index in [1.807, 2.05) is 23.9 Å². The number of nitrogens with zero attached hydrogens (tertiary/aromatic N) is 2. The van der Waals surface area contributed by atoms with Crippen LogP contribution in [0.2, 0.25) is 0 Å². The molecule has 21 heavy (non-hydrogen) atoms. The van der Waals surface area contributed by atoms with Crippen molar-refractivity contribution in [3.05, 3.63) is 59.2 Å². The molecule has 0 bridgehead atoms. The fourth-order valence-corrected chi connectivity index (χ4v) is 2.64. The monoisotopic (exact) mass is 285 g/mol. The SMILES string of the molecule is CNC(c1ccn(Cc2cc(F)cc(C#N)c2)c1)C(C)C. The summed E-state index contributed by atoms with van der Waals surface area (Å²) < 4.78 is 15.5. The molecule has 1 atom stereocenters. The van der Waals surface area contributed by atoms with Crippen LogP contribution < -0.4 is 5.32 Å². The van der Waals surface area contributed by atoms with Crippen LogP contribution in [0.5, 0.6) is 0 Å². The maximum atomic E-state index is 13.4. The first-order valence-electron chi connectivity index (χ1n) is 7.06. The summed E-state index contributed by atoms with van der Waals surface area (Å²) in [6.07, 6.45) is 4.05. The molecule has 1 aromatic heterocycles. The molecule has 0 saturated carbocycles. The molecule has 1 N–H and O–H groups in total. The minimum atomic E-state index is -0.369. The molecule has 0 aliphatic carbocycles. The number of aromatic nitrogens is 1. The lowest BCUT2D eigenvalue weighted by Crippen LogP contribution is -2.21. The Morgan fingerprint density at radius 1 is 1.33 bits per heavy atom. The largest absolute Gasteiger partial charge is 0.350 e. The predicted molar refractivity (Wildman–Crippen MR) is 81.3 cm³/mol. The summed E-state index contributed by atoms with van der Waals surface area (Å²) >= 11 is 0. The van der Waals surface area contributed by atoms with Crippen LogP contribution in [-0.2, 0) is 6.54 Å². The average Bonchev–Trinajstić information content (AvgIpc) is 2.86. The van der Waals surface area contributed by atoms with Crippen LogP contribution in [0.15, 0.2) is 36.7 Å². The summed E-state index contributed by atoms with van der Waals surface area (Å²) in [7, 11) is 1.95. The Bertz CT molecular complexity index is 652. The topological polar surface area (TPSA) is 40.8 Å². The molecule has 0 saturated heterocycles. The van der Waals surface area contributed by atoms with E-state index in [0.717, 1.165) is 5.56 Å². The van der Waals surface area contributed by atoms with Crippen LogP contribution >= 0.6 is 0 Å². The number of benzene rings is 1. The van der Waals surface area contributed by atoms with Gasteiger partial charge in [0.25, 0.3) is 0 Å². The van der Waals surface area contributed by atoms with Crippen LogP contribution in [0, 0.1) is 23.1 Å². The Morgan fingerprint density at radius 2 is 2.10 bits per heavy atom. The standard InChI is InChI=1S/C17H20FN3/c1-12(2)17(20-3)15-4-5-21(11-15)10-14-6-13(9-19)7-16(18)8-14/h4-8,11-12,17,20H,10H2,1-3H3. The van der Waals surface area contributed by atoms with Gasteiger partial charge in [0.05, 0.1) is 11.6 Å². The van der Waals surface area contributed by atoms with Gasteiger partial charge in [-0.15, -0.1) is 0 Å². The molecule has 3 nitrogen and oxygen atoms in total. The number of nitrogens with one attached hydrogen (secondary N) is 1. The van der Waals surface area contributed by atoms with Gasteiger partial charge in [0.15, 0.2) is 0 Å². The second-order valence-corrected chi connectivity index (χ2v) is 5.59. The van der Waals surface area contributed by atoms with Crippen molar-refractivity contribution in [3.8, 4) is 6.07 Å². The second-order valence-electron chi connectivity index (χ2n) is 5.59. The number of hydrogen-bond donors (Lipinski definition) is 1. The number of nitriles is 1. The zero-order valence-electron chi connectivity index (χ0n) is 12.6. The molecular formula is C17H20FN3. The van der Waals surface area contributed by atoms with Gasteiger partial charge in [-0.25, -0.2) is 4.39 Å². The lowest BCUT2D eigenvalue weighted by Gasteiger charge is -2.18. The summed E-state index contributed by atoms with van der Waals surface area (Å²) in [6, 6.07) is 8.80. The second kappa shape index (κ2) is 6.55. The molecule has 0 aliphatic heterocycles. The van der Waals surface area contributed by atoms with Crippen molar-refractivity contribution in [2.24, 2.45) is 5.92 Å². The van der Waals surface area contributed by atoms with Crippen LogP contribution in [0.3, 0.4) is 0 Å². The Kier molecular flexibility index (Phi) is 4.77. The van der Waals surface area contributed by atoms with E-state index >= 15 is 0 Å². The quantitative estimate of drug-likeness (QED) is 0.914. The van der Waals surface area contributed by atoms with E-state index in [9.17, 15) is 4.39 Å². The predicted octanol–water partition coefficient (Wildman–Crippen LogP) is 3.46. The molecule has 110 valence electrons. The Hall–Kier alpha value is -2.12. The highest BCUT2D eigenvalue weighted by atomic mass is 19.1. The van der Waals surface area contributed by atoms with Crippen molar-refractivity contribution < 1.29 is 4.39 Å². The summed E-state index contributed by atoms with van der Waals surface area (Å²) in [4.78, 5) is 0. The summed E-state index contributed by atoms with van der Waals surface area (Å²) in [5, 5.41) is 12.2. The average molecular weight is 285 g/mol. The molecule has 4 heteroatoms. The van der Waals surface area contributed by atoms with Crippen molar-refractivity contribution in [2.75, 3.05) is 7.05 Å². The van der Waals surface area contributed by atoms with E-state index in [0.29, 0.717) is 24.1 Å². The van der Waals surface area contributed by atoms with Crippen LogP contribution in [-0.4, -0.2) is 11.6 Å². The van der Waals surface area contributed by atoms with Crippen LogP contribution in [0.25, 0.3) is 0 Å². The van der Waals surface area contributed by atoms with E-state index in [1.165, 1.54) is 17.7 Å². The summed E-state index contributed by atoms with van der Waals surface area (Å²) in [6.45, 7) is 4.90. The molecule has 2 aromatic rings. The fourth-order valence-electron chi connectivity index (χ4n) is 2.64. The third-order valence-electron chi connectivity index (χ3n) is 3.56. The molecule has 0 aliphatic rings. The van der Waals surface area contributed by atoms with Gasteiger partial charge in [0, 0.05) is 25.0 Å². The number of rotatable bonds is 5. The normalized spacial score (nSPS) is 12.4. The lowest BCUT2D eigenvalue weighted by molar-refractivity contribution is 0.443. The molecule has 1 aromatic carbocycles. The number of hydrogen-bond acceptors (Lipinski definition) is 2. The van der Waals surface area contributed by atoms with Crippen LogP contribution in [0.4, 0.5) is 4.39 Å². The van der Waals surface area contributed by atoms with Gasteiger partial charge in [-0.1, -0.05) is 13.8 Å². The third kappa shape index (κ3) is 3.71. The lowest BCUT2D eigenvalue weighted by atomic mass is 9.99. The minimum absolute atomic E-state index is 0.299. The summed E-state index contributed by atoms with van der Waals surface area (Å²) in [5.74, 6) is 0.122. The van der Waals surface area contributed by atoms with Crippen molar-refractivity contribution in [1.82, 2.24) is 9.88 Å². The van der Waals surface area contributed by atoms with Gasteiger partial charge in [0.1, 0.15) is 5.82 Å². The van der Waals surface area contributed by atoms with Crippen molar-refractivity contribution >= 4 is 0 Å². The third-order valence-corrected chi connectivity index (χ3v) is 3.56. The van der Waals surface area contributed by atoms with Gasteiger partial charge in [-0.3, -0.25) is 0 Å². The molecule has 0 fully saturated rings. The van der Waals surface area contributed by atoms with Gasteiger partial charge >= 0.3 is 0 Å².